The molecule has 0 aliphatic heterocycles. The van der Waals surface area contributed by atoms with Crippen molar-refractivity contribution in [1.82, 2.24) is 5.32 Å². The van der Waals surface area contributed by atoms with Crippen molar-refractivity contribution in [1.29, 1.82) is 0 Å². The minimum absolute atomic E-state index is 0.100. The van der Waals surface area contributed by atoms with Crippen LogP contribution in [0, 0.1) is 0 Å². The van der Waals surface area contributed by atoms with Crippen LogP contribution in [0.4, 0.5) is 0 Å². The van der Waals surface area contributed by atoms with Gasteiger partial charge in [-0.25, -0.2) is 0 Å². The Balaban J connectivity index is 3.34. The molecule has 5 heteroatoms. The van der Waals surface area contributed by atoms with E-state index in [1.165, 1.54) is 0 Å². The molecule has 0 aromatic rings. The Hall–Kier alpha value is -0.260. The summed E-state index contributed by atoms with van der Waals surface area (Å²) in [7, 11) is 0. The number of rotatable bonds is 10. The molecule has 0 bridgehead atoms. The molecule has 102 valence electrons. The Kier molecular flexibility index (Phi) is 10.7. The minimum Gasteiger partial charge on any atom is -0.379 e. The maximum atomic E-state index is 11.4. The molecule has 0 aromatic heterocycles. The molecule has 3 N–H and O–H groups in total. The Morgan fingerprint density at radius 3 is 2.71 bits per heavy atom. The van der Waals surface area contributed by atoms with E-state index < -0.39 is 0 Å². The second-order valence-electron chi connectivity index (χ2n) is 4.32. The normalized spacial score (nSPS) is 12.8. The predicted octanol–water partition coefficient (Wildman–Crippen LogP) is 1.39. The summed E-state index contributed by atoms with van der Waals surface area (Å²) < 4.78 is 5.38. The SMILES string of the molecule is CC(C)OCCCNC(=O)CSC(C)CCN. The van der Waals surface area contributed by atoms with Gasteiger partial charge in [0, 0.05) is 18.4 Å². The van der Waals surface area contributed by atoms with Gasteiger partial charge in [0.2, 0.25) is 5.91 Å². The maximum Gasteiger partial charge on any atom is 0.230 e. The van der Waals surface area contributed by atoms with E-state index in [1.54, 1.807) is 11.8 Å². The van der Waals surface area contributed by atoms with E-state index in [2.05, 4.69) is 12.2 Å². The molecule has 0 rings (SSSR count). The molecule has 0 aliphatic carbocycles. The van der Waals surface area contributed by atoms with Gasteiger partial charge in [0.25, 0.3) is 0 Å². The zero-order valence-electron chi connectivity index (χ0n) is 11.2. The highest BCUT2D eigenvalue weighted by atomic mass is 32.2. The second kappa shape index (κ2) is 10.9. The van der Waals surface area contributed by atoms with Gasteiger partial charge in [-0.05, 0) is 33.2 Å². The molecular formula is C12H26N2O2S. The van der Waals surface area contributed by atoms with E-state index in [0.717, 1.165) is 12.8 Å². The first kappa shape index (κ1) is 16.7. The number of amides is 1. The van der Waals surface area contributed by atoms with Crippen molar-refractivity contribution in [2.24, 2.45) is 5.73 Å². The fourth-order valence-corrected chi connectivity index (χ4v) is 2.05. The van der Waals surface area contributed by atoms with E-state index in [1.807, 2.05) is 13.8 Å². The molecule has 0 saturated carbocycles. The Morgan fingerprint density at radius 2 is 2.12 bits per heavy atom. The molecule has 4 nitrogen and oxygen atoms in total. The summed E-state index contributed by atoms with van der Waals surface area (Å²) >= 11 is 1.65. The first-order chi connectivity index (χ1) is 8.06. The van der Waals surface area contributed by atoms with Crippen molar-refractivity contribution in [3.8, 4) is 0 Å². The molecule has 0 saturated heterocycles. The quantitative estimate of drug-likeness (QED) is 0.584. The van der Waals surface area contributed by atoms with Gasteiger partial charge in [0.1, 0.15) is 0 Å². The number of hydrogen-bond acceptors (Lipinski definition) is 4. The van der Waals surface area contributed by atoms with E-state index >= 15 is 0 Å². The fraction of sp³-hybridized carbons (Fsp3) is 0.917. The number of carbonyl (C=O) groups excluding carboxylic acids is 1. The predicted molar refractivity (Wildman–Crippen MR) is 74.3 cm³/mol. The van der Waals surface area contributed by atoms with Gasteiger partial charge in [0.05, 0.1) is 11.9 Å². The second-order valence-corrected chi connectivity index (χ2v) is 5.75. The lowest BCUT2D eigenvalue weighted by atomic mass is 10.3. The Bertz CT molecular complexity index is 201. The van der Waals surface area contributed by atoms with E-state index in [0.29, 0.717) is 30.7 Å². The first-order valence-electron chi connectivity index (χ1n) is 6.26. The summed E-state index contributed by atoms with van der Waals surface area (Å²) in [6.45, 7) is 8.19. The topological polar surface area (TPSA) is 64.3 Å². The van der Waals surface area contributed by atoms with Crippen LogP contribution < -0.4 is 11.1 Å². The molecule has 0 radical (unpaired) electrons. The van der Waals surface area contributed by atoms with Crippen LogP contribution >= 0.6 is 11.8 Å². The number of carbonyl (C=O) groups is 1. The number of nitrogens with two attached hydrogens (primary N) is 1. The number of nitrogens with one attached hydrogen (secondary N) is 1. The summed E-state index contributed by atoms with van der Waals surface area (Å²) in [5.41, 5.74) is 5.45. The molecule has 0 fully saturated rings. The summed E-state index contributed by atoms with van der Waals surface area (Å²) in [5, 5.41) is 3.34. The Labute approximate surface area is 109 Å². The van der Waals surface area contributed by atoms with Crippen molar-refractivity contribution in [2.45, 2.75) is 45.0 Å². The summed E-state index contributed by atoms with van der Waals surface area (Å²) in [4.78, 5) is 11.4. The number of thioether (sulfide) groups is 1. The lowest BCUT2D eigenvalue weighted by Crippen LogP contribution is -2.28. The van der Waals surface area contributed by atoms with Crippen LogP contribution in [-0.4, -0.2) is 42.7 Å². The van der Waals surface area contributed by atoms with Crippen molar-refractivity contribution >= 4 is 17.7 Å². The van der Waals surface area contributed by atoms with Crippen LogP contribution in [0.15, 0.2) is 0 Å². The van der Waals surface area contributed by atoms with Crippen molar-refractivity contribution in [3.63, 3.8) is 0 Å². The lowest BCUT2D eigenvalue weighted by molar-refractivity contribution is -0.118. The van der Waals surface area contributed by atoms with Crippen molar-refractivity contribution < 1.29 is 9.53 Å². The van der Waals surface area contributed by atoms with Gasteiger partial charge in [-0.2, -0.15) is 0 Å². The molecule has 0 heterocycles. The summed E-state index contributed by atoms with van der Waals surface area (Å²) in [6.07, 6.45) is 2.09. The van der Waals surface area contributed by atoms with Gasteiger partial charge in [0.15, 0.2) is 0 Å². The highest BCUT2D eigenvalue weighted by Gasteiger charge is 2.05. The zero-order valence-corrected chi connectivity index (χ0v) is 12.0. The largest absolute Gasteiger partial charge is 0.379 e. The molecule has 1 unspecified atom stereocenters. The van der Waals surface area contributed by atoms with Crippen LogP contribution in [0.3, 0.4) is 0 Å². The molecule has 0 aromatic carbocycles. The molecule has 1 atom stereocenters. The van der Waals surface area contributed by atoms with Crippen LogP contribution in [0.25, 0.3) is 0 Å². The average Bonchev–Trinajstić information content (AvgIpc) is 2.26. The average molecular weight is 262 g/mol. The van der Waals surface area contributed by atoms with Gasteiger partial charge in [-0.3, -0.25) is 4.79 Å². The van der Waals surface area contributed by atoms with Crippen LogP contribution in [0.2, 0.25) is 0 Å². The van der Waals surface area contributed by atoms with Gasteiger partial charge in [-0.15, -0.1) is 11.8 Å². The molecule has 0 aliphatic rings. The third kappa shape index (κ3) is 12.0. The fourth-order valence-electron chi connectivity index (χ4n) is 1.21. The highest BCUT2D eigenvalue weighted by molar-refractivity contribution is 8.00. The van der Waals surface area contributed by atoms with Gasteiger partial charge in [-0.1, -0.05) is 6.92 Å². The minimum atomic E-state index is 0.100. The third-order valence-electron chi connectivity index (χ3n) is 2.17. The van der Waals surface area contributed by atoms with Gasteiger partial charge >= 0.3 is 0 Å². The maximum absolute atomic E-state index is 11.4. The van der Waals surface area contributed by atoms with Crippen LogP contribution in [-0.2, 0) is 9.53 Å². The summed E-state index contributed by atoms with van der Waals surface area (Å²) in [5.74, 6) is 0.620. The smallest absolute Gasteiger partial charge is 0.230 e. The first-order valence-corrected chi connectivity index (χ1v) is 7.31. The molecule has 17 heavy (non-hydrogen) atoms. The summed E-state index contributed by atoms with van der Waals surface area (Å²) in [6, 6.07) is 0. The third-order valence-corrected chi connectivity index (χ3v) is 3.40. The van der Waals surface area contributed by atoms with Crippen molar-refractivity contribution in [2.75, 3.05) is 25.4 Å². The van der Waals surface area contributed by atoms with Gasteiger partial charge < -0.3 is 15.8 Å². The Morgan fingerprint density at radius 1 is 1.41 bits per heavy atom. The molecule has 0 spiro atoms. The molecule has 1 amide bonds. The number of hydrogen-bond donors (Lipinski definition) is 2. The highest BCUT2D eigenvalue weighted by Crippen LogP contribution is 2.12. The van der Waals surface area contributed by atoms with Crippen LogP contribution in [0.5, 0.6) is 0 Å². The standard InChI is InChI=1S/C12H26N2O2S/c1-10(2)16-8-4-7-14-12(15)9-17-11(3)5-6-13/h10-11H,4-9,13H2,1-3H3,(H,14,15). The lowest BCUT2D eigenvalue weighted by Gasteiger charge is -2.10. The van der Waals surface area contributed by atoms with Crippen molar-refractivity contribution in [3.05, 3.63) is 0 Å². The number of ether oxygens (including phenoxy) is 1. The zero-order chi connectivity index (χ0) is 13.1. The van der Waals surface area contributed by atoms with E-state index in [-0.39, 0.29) is 12.0 Å². The van der Waals surface area contributed by atoms with E-state index in [4.69, 9.17) is 10.5 Å². The van der Waals surface area contributed by atoms with E-state index in [9.17, 15) is 4.79 Å². The molecular weight excluding hydrogens is 236 g/mol. The monoisotopic (exact) mass is 262 g/mol. The van der Waals surface area contributed by atoms with Crippen LogP contribution in [0.1, 0.15) is 33.6 Å².